The number of benzene rings is 1. The Morgan fingerprint density at radius 2 is 2.05 bits per heavy atom. The highest BCUT2D eigenvalue weighted by Crippen LogP contribution is 2.20. The van der Waals surface area contributed by atoms with Gasteiger partial charge in [-0.25, -0.2) is 0 Å². The summed E-state index contributed by atoms with van der Waals surface area (Å²) in [5, 5.41) is 2.88. The zero-order valence-corrected chi connectivity index (χ0v) is 10.5. The number of aromatic nitrogens is 1. The lowest BCUT2D eigenvalue weighted by atomic mass is 10.2. The number of halogens is 1. The monoisotopic (exact) mass is 275 g/mol. The summed E-state index contributed by atoms with van der Waals surface area (Å²) in [4.78, 5) is 26.9. The van der Waals surface area contributed by atoms with Crippen LogP contribution in [0, 0.1) is 0 Å². The molecule has 0 atom stereocenters. The Hall–Kier alpha value is -2.40. The molecule has 0 saturated heterocycles. The molecular formula is C13H10ClN3O2. The van der Waals surface area contributed by atoms with E-state index in [0.29, 0.717) is 11.3 Å². The molecule has 0 radical (unpaired) electrons. The van der Waals surface area contributed by atoms with Crippen molar-refractivity contribution in [1.29, 1.82) is 0 Å². The van der Waals surface area contributed by atoms with Crippen LogP contribution < -0.4 is 11.1 Å². The Morgan fingerprint density at radius 1 is 1.26 bits per heavy atom. The van der Waals surface area contributed by atoms with E-state index in [4.69, 9.17) is 17.3 Å². The van der Waals surface area contributed by atoms with Gasteiger partial charge in [-0.1, -0.05) is 11.6 Å². The highest BCUT2D eigenvalue weighted by Gasteiger charge is 2.10. The molecule has 0 aliphatic rings. The van der Waals surface area contributed by atoms with E-state index in [1.165, 1.54) is 18.3 Å². The fourth-order valence-electron chi connectivity index (χ4n) is 1.49. The molecule has 0 saturated carbocycles. The van der Waals surface area contributed by atoms with Gasteiger partial charge in [0, 0.05) is 18.1 Å². The van der Waals surface area contributed by atoms with E-state index in [9.17, 15) is 9.59 Å². The zero-order chi connectivity index (χ0) is 13.8. The third kappa shape index (κ3) is 3.08. The first-order valence-electron chi connectivity index (χ1n) is 5.38. The summed E-state index contributed by atoms with van der Waals surface area (Å²) < 4.78 is 0. The molecule has 2 amide bonds. The number of rotatable bonds is 3. The van der Waals surface area contributed by atoms with Crippen LogP contribution in [0.2, 0.25) is 5.02 Å². The van der Waals surface area contributed by atoms with E-state index >= 15 is 0 Å². The largest absolute Gasteiger partial charge is 0.366 e. The van der Waals surface area contributed by atoms with E-state index in [2.05, 4.69) is 10.3 Å². The van der Waals surface area contributed by atoms with Gasteiger partial charge in [0.15, 0.2) is 0 Å². The molecule has 2 rings (SSSR count). The van der Waals surface area contributed by atoms with Gasteiger partial charge < -0.3 is 11.1 Å². The topological polar surface area (TPSA) is 85.1 Å². The van der Waals surface area contributed by atoms with Crippen molar-refractivity contribution in [3.8, 4) is 0 Å². The summed E-state index contributed by atoms with van der Waals surface area (Å²) in [7, 11) is 0. The van der Waals surface area contributed by atoms with E-state index in [1.54, 1.807) is 24.4 Å². The van der Waals surface area contributed by atoms with Crippen molar-refractivity contribution in [2.24, 2.45) is 5.73 Å². The van der Waals surface area contributed by atoms with Crippen LogP contribution in [0.5, 0.6) is 0 Å². The maximum absolute atomic E-state index is 11.9. The maximum atomic E-state index is 11.9. The Kier molecular flexibility index (Phi) is 3.77. The number of anilines is 1. The van der Waals surface area contributed by atoms with Crippen LogP contribution in [-0.4, -0.2) is 16.8 Å². The van der Waals surface area contributed by atoms with E-state index in [0.717, 1.165) is 0 Å². The van der Waals surface area contributed by atoms with Crippen LogP contribution in [-0.2, 0) is 0 Å². The number of nitrogens with two attached hydrogens (primary N) is 1. The predicted octanol–water partition coefficient (Wildman–Crippen LogP) is 2.09. The minimum Gasteiger partial charge on any atom is -0.366 e. The Morgan fingerprint density at radius 3 is 2.68 bits per heavy atom. The minimum absolute atomic E-state index is 0.158. The molecule has 0 bridgehead atoms. The average Bonchev–Trinajstić information content (AvgIpc) is 2.41. The number of nitrogens with one attached hydrogen (secondary N) is 1. The number of amides is 2. The molecule has 5 nitrogen and oxygen atoms in total. The molecule has 0 aliphatic heterocycles. The maximum Gasteiger partial charge on any atom is 0.257 e. The summed E-state index contributed by atoms with van der Waals surface area (Å²) in [5.74, 6) is -0.978. The van der Waals surface area contributed by atoms with Gasteiger partial charge in [-0.2, -0.15) is 0 Å². The first-order valence-corrected chi connectivity index (χ1v) is 5.76. The molecule has 19 heavy (non-hydrogen) atoms. The van der Waals surface area contributed by atoms with Crippen LogP contribution in [0.3, 0.4) is 0 Å². The number of carbonyl (C=O) groups excluding carboxylic acids is 2. The molecule has 2 aromatic rings. The number of primary amides is 1. The number of carbonyl (C=O) groups is 2. The second kappa shape index (κ2) is 5.49. The lowest BCUT2D eigenvalue weighted by Crippen LogP contribution is -2.15. The van der Waals surface area contributed by atoms with Crippen molar-refractivity contribution in [3.05, 3.63) is 58.9 Å². The van der Waals surface area contributed by atoms with Crippen LogP contribution in [0.25, 0.3) is 0 Å². The summed E-state index contributed by atoms with van der Waals surface area (Å²) in [6.07, 6.45) is 3.02. The Balaban J connectivity index is 2.23. The van der Waals surface area contributed by atoms with Crippen molar-refractivity contribution >= 4 is 29.1 Å². The van der Waals surface area contributed by atoms with Crippen molar-refractivity contribution in [3.63, 3.8) is 0 Å². The Bertz CT molecular complexity index is 629. The van der Waals surface area contributed by atoms with Crippen molar-refractivity contribution < 1.29 is 9.59 Å². The van der Waals surface area contributed by atoms with Crippen LogP contribution in [0.4, 0.5) is 5.69 Å². The number of hydrogen-bond acceptors (Lipinski definition) is 3. The summed E-state index contributed by atoms with van der Waals surface area (Å²) in [6.45, 7) is 0. The molecule has 1 aromatic heterocycles. The Labute approximate surface area is 114 Å². The number of hydrogen-bond donors (Lipinski definition) is 2. The molecule has 0 spiro atoms. The second-order valence-electron chi connectivity index (χ2n) is 3.75. The van der Waals surface area contributed by atoms with Gasteiger partial charge in [0.2, 0.25) is 5.91 Å². The van der Waals surface area contributed by atoms with Crippen molar-refractivity contribution in [1.82, 2.24) is 4.98 Å². The van der Waals surface area contributed by atoms with Gasteiger partial charge in [0.05, 0.1) is 16.1 Å². The molecule has 0 aliphatic carbocycles. The van der Waals surface area contributed by atoms with E-state index in [1.807, 2.05) is 0 Å². The van der Waals surface area contributed by atoms with Gasteiger partial charge in [-0.05, 0) is 30.3 Å². The van der Waals surface area contributed by atoms with Crippen molar-refractivity contribution in [2.45, 2.75) is 0 Å². The molecule has 1 aromatic carbocycles. The molecule has 0 fully saturated rings. The molecule has 6 heteroatoms. The SMILES string of the molecule is NC(=O)c1cc(NC(=O)c2cccnc2)ccc1Cl. The summed E-state index contributed by atoms with van der Waals surface area (Å²) in [5.41, 5.74) is 6.19. The van der Waals surface area contributed by atoms with Gasteiger partial charge in [0.1, 0.15) is 0 Å². The third-order valence-corrected chi connectivity index (χ3v) is 2.74. The first kappa shape index (κ1) is 13.0. The lowest BCUT2D eigenvalue weighted by Gasteiger charge is -2.07. The number of nitrogens with zero attached hydrogens (tertiary/aromatic N) is 1. The second-order valence-corrected chi connectivity index (χ2v) is 4.16. The van der Waals surface area contributed by atoms with Gasteiger partial charge >= 0.3 is 0 Å². The lowest BCUT2D eigenvalue weighted by molar-refractivity contribution is 0.0996. The van der Waals surface area contributed by atoms with Crippen LogP contribution >= 0.6 is 11.6 Å². The zero-order valence-electron chi connectivity index (χ0n) is 9.76. The van der Waals surface area contributed by atoms with Gasteiger partial charge in [-0.15, -0.1) is 0 Å². The van der Waals surface area contributed by atoms with Gasteiger partial charge in [0.25, 0.3) is 5.91 Å². The van der Waals surface area contributed by atoms with Crippen LogP contribution in [0.1, 0.15) is 20.7 Å². The van der Waals surface area contributed by atoms with Crippen molar-refractivity contribution in [2.75, 3.05) is 5.32 Å². The quantitative estimate of drug-likeness (QED) is 0.899. The first-order chi connectivity index (χ1) is 9.08. The van der Waals surface area contributed by atoms with E-state index < -0.39 is 5.91 Å². The molecular weight excluding hydrogens is 266 g/mol. The molecule has 0 unspecified atom stereocenters. The third-order valence-electron chi connectivity index (χ3n) is 2.41. The molecule has 96 valence electrons. The van der Waals surface area contributed by atoms with Gasteiger partial charge in [-0.3, -0.25) is 14.6 Å². The predicted molar refractivity (Wildman–Crippen MR) is 72.2 cm³/mol. The highest BCUT2D eigenvalue weighted by molar-refractivity contribution is 6.34. The molecule has 3 N–H and O–H groups in total. The van der Waals surface area contributed by atoms with E-state index in [-0.39, 0.29) is 16.5 Å². The summed E-state index contributed by atoms with van der Waals surface area (Å²) >= 11 is 5.82. The fourth-order valence-corrected chi connectivity index (χ4v) is 1.70. The highest BCUT2D eigenvalue weighted by atomic mass is 35.5. The standard InChI is InChI=1S/C13H10ClN3O2/c14-11-4-3-9(6-10(11)12(15)18)17-13(19)8-2-1-5-16-7-8/h1-7H,(H2,15,18)(H,17,19). The fraction of sp³-hybridized carbons (Fsp3) is 0. The normalized spacial score (nSPS) is 9.95. The minimum atomic E-state index is -0.650. The number of pyridine rings is 1. The smallest absolute Gasteiger partial charge is 0.257 e. The molecule has 1 heterocycles. The average molecular weight is 276 g/mol. The van der Waals surface area contributed by atoms with Crippen LogP contribution in [0.15, 0.2) is 42.7 Å². The summed E-state index contributed by atoms with van der Waals surface area (Å²) in [6, 6.07) is 7.81.